The van der Waals surface area contributed by atoms with E-state index >= 15 is 0 Å². The number of aliphatic imine (C=N–C) groups is 1. The number of nitrogens with zero attached hydrogens (tertiary/aromatic N) is 1. The van der Waals surface area contributed by atoms with Crippen molar-refractivity contribution < 1.29 is 0 Å². The summed E-state index contributed by atoms with van der Waals surface area (Å²) >= 11 is 0. The van der Waals surface area contributed by atoms with Crippen LogP contribution in [0.3, 0.4) is 0 Å². The molecule has 0 aliphatic heterocycles. The molecule has 1 unspecified atom stereocenters. The molecule has 0 aliphatic rings. The Hall–Kier alpha value is -0.370. The van der Waals surface area contributed by atoms with Crippen LogP contribution in [-0.4, -0.2) is 18.8 Å². The first kappa shape index (κ1) is 6.63. The van der Waals surface area contributed by atoms with Gasteiger partial charge < -0.3 is 5.73 Å². The molecule has 0 heterocycles. The zero-order valence-electron chi connectivity index (χ0n) is 4.89. The van der Waals surface area contributed by atoms with Gasteiger partial charge in [-0.3, -0.25) is 4.99 Å². The third-order valence-electron chi connectivity index (χ3n) is 0.523. The number of rotatable bonds is 2. The summed E-state index contributed by atoms with van der Waals surface area (Å²) in [7, 11) is 0. The largest absolute Gasteiger partial charge is 0.323 e. The number of hydrogen-bond donors (Lipinski definition) is 1. The Morgan fingerprint density at radius 1 is 1.86 bits per heavy atom. The van der Waals surface area contributed by atoms with Crippen molar-refractivity contribution >= 4 is 6.21 Å². The smallest absolute Gasteiger partial charge is 0.0366 e. The SMILES string of the molecule is CC/N=C\C(C)N. The highest BCUT2D eigenvalue weighted by Crippen LogP contribution is 1.67. The van der Waals surface area contributed by atoms with E-state index in [1.165, 1.54) is 0 Å². The van der Waals surface area contributed by atoms with Gasteiger partial charge in [0.2, 0.25) is 0 Å². The molecule has 0 saturated carbocycles. The van der Waals surface area contributed by atoms with E-state index in [0.29, 0.717) is 0 Å². The Morgan fingerprint density at radius 3 is 2.57 bits per heavy atom. The Kier molecular flexibility index (Phi) is 3.61. The molecule has 7 heavy (non-hydrogen) atoms. The van der Waals surface area contributed by atoms with Crippen LogP contribution in [0.1, 0.15) is 13.8 Å². The van der Waals surface area contributed by atoms with Crippen molar-refractivity contribution in [2.24, 2.45) is 10.7 Å². The minimum atomic E-state index is 0.111. The van der Waals surface area contributed by atoms with Crippen LogP contribution in [0.25, 0.3) is 0 Å². The lowest BCUT2D eigenvalue weighted by Gasteiger charge is -1.89. The lowest BCUT2D eigenvalue weighted by molar-refractivity contribution is 0.978. The van der Waals surface area contributed by atoms with Gasteiger partial charge in [-0.1, -0.05) is 0 Å². The van der Waals surface area contributed by atoms with Crippen molar-refractivity contribution in [3.05, 3.63) is 0 Å². The summed E-state index contributed by atoms with van der Waals surface area (Å²) in [4.78, 5) is 3.92. The average Bonchev–Trinajstić information content (AvgIpc) is 1.61. The van der Waals surface area contributed by atoms with E-state index in [-0.39, 0.29) is 6.04 Å². The summed E-state index contributed by atoms with van der Waals surface area (Å²) in [6.07, 6.45) is 1.75. The zero-order chi connectivity index (χ0) is 5.70. The fourth-order valence-corrected chi connectivity index (χ4v) is 0.272. The highest BCUT2D eigenvalue weighted by Gasteiger charge is 1.79. The van der Waals surface area contributed by atoms with Gasteiger partial charge in [-0.05, 0) is 13.8 Å². The van der Waals surface area contributed by atoms with Gasteiger partial charge in [-0.15, -0.1) is 0 Å². The van der Waals surface area contributed by atoms with Crippen LogP contribution in [0, 0.1) is 0 Å². The molecule has 0 aromatic carbocycles. The Bertz CT molecular complexity index is 57.1. The van der Waals surface area contributed by atoms with Gasteiger partial charge in [0.1, 0.15) is 0 Å². The van der Waals surface area contributed by atoms with Gasteiger partial charge >= 0.3 is 0 Å². The van der Waals surface area contributed by atoms with Gasteiger partial charge in [0.05, 0.1) is 0 Å². The fraction of sp³-hybridized carbons (Fsp3) is 0.800. The van der Waals surface area contributed by atoms with Crippen molar-refractivity contribution in [3.63, 3.8) is 0 Å². The molecule has 0 rings (SSSR count). The molecule has 1 atom stereocenters. The normalized spacial score (nSPS) is 15.3. The van der Waals surface area contributed by atoms with Crippen molar-refractivity contribution in [1.82, 2.24) is 0 Å². The first-order chi connectivity index (χ1) is 3.27. The zero-order valence-corrected chi connectivity index (χ0v) is 4.89. The van der Waals surface area contributed by atoms with E-state index in [2.05, 4.69) is 4.99 Å². The Labute approximate surface area is 44.4 Å². The van der Waals surface area contributed by atoms with E-state index in [1.807, 2.05) is 13.8 Å². The summed E-state index contributed by atoms with van der Waals surface area (Å²) in [6.45, 7) is 4.72. The second-order valence-corrected chi connectivity index (χ2v) is 1.51. The summed E-state index contributed by atoms with van der Waals surface area (Å²) in [5, 5.41) is 0. The Morgan fingerprint density at radius 2 is 2.43 bits per heavy atom. The van der Waals surface area contributed by atoms with Crippen LogP contribution < -0.4 is 5.73 Å². The average molecular weight is 100 g/mol. The molecule has 0 fully saturated rings. The van der Waals surface area contributed by atoms with E-state index in [9.17, 15) is 0 Å². The molecule has 2 nitrogen and oxygen atoms in total. The van der Waals surface area contributed by atoms with E-state index in [1.54, 1.807) is 6.21 Å². The molecule has 2 heteroatoms. The maximum absolute atomic E-state index is 5.33. The van der Waals surface area contributed by atoms with E-state index in [0.717, 1.165) is 6.54 Å². The third-order valence-corrected chi connectivity index (χ3v) is 0.523. The highest BCUT2D eigenvalue weighted by molar-refractivity contribution is 5.63. The standard InChI is InChI=1S/C5H12N2/c1-3-7-4-5(2)6/h4-5H,3,6H2,1-2H3/b7-4-. The van der Waals surface area contributed by atoms with Crippen molar-refractivity contribution in [3.8, 4) is 0 Å². The maximum Gasteiger partial charge on any atom is 0.0366 e. The molecule has 2 N–H and O–H groups in total. The van der Waals surface area contributed by atoms with E-state index < -0.39 is 0 Å². The summed E-state index contributed by atoms with van der Waals surface area (Å²) in [5.41, 5.74) is 5.33. The first-order valence-electron chi connectivity index (χ1n) is 2.53. The monoisotopic (exact) mass is 100 g/mol. The topological polar surface area (TPSA) is 38.4 Å². The lowest BCUT2D eigenvalue weighted by Crippen LogP contribution is -2.15. The highest BCUT2D eigenvalue weighted by atomic mass is 14.7. The van der Waals surface area contributed by atoms with Gasteiger partial charge in [-0.2, -0.15) is 0 Å². The second kappa shape index (κ2) is 3.81. The minimum absolute atomic E-state index is 0.111. The molecule has 42 valence electrons. The number of nitrogens with two attached hydrogens (primary N) is 1. The molecule has 0 bridgehead atoms. The summed E-state index contributed by atoms with van der Waals surface area (Å²) in [6, 6.07) is 0.111. The molecule has 0 aliphatic carbocycles. The summed E-state index contributed by atoms with van der Waals surface area (Å²) in [5.74, 6) is 0. The van der Waals surface area contributed by atoms with Crippen LogP contribution >= 0.6 is 0 Å². The van der Waals surface area contributed by atoms with Gasteiger partial charge in [0.15, 0.2) is 0 Å². The van der Waals surface area contributed by atoms with Crippen molar-refractivity contribution in [2.45, 2.75) is 19.9 Å². The quantitative estimate of drug-likeness (QED) is 0.502. The molecule has 0 aromatic rings. The summed E-state index contributed by atoms with van der Waals surface area (Å²) < 4.78 is 0. The van der Waals surface area contributed by atoms with Crippen molar-refractivity contribution in [1.29, 1.82) is 0 Å². The predicted octanol–water partition coefficient (Wildman–Crippen LogP) is 0.424. The third kappa shape index (κ3) is 5.63. The molecule has 0 radical (unpaired) electrons. The van der Waals surface area contributed by atoms with Crippen molar-refractivity contribution in [2.75, 3.05) is 6.54 Å². The molecule has 0 aromatic heterocycles. The first-order valence-corrected chi connectivity index (χ1v) is 2.53. The molecule has 0 saturated heterocycles. The van der Waals surface area contributed by atoms with Gasteiger partial charge in [-0.25, -0.2) is 0 Å². The van der Waals surface area contributed by atoms with Crippen LogP contribution in [0.15, 0.2) is 4.99 Å². The Balaban J connectivity index is 3.08. The maximum atomic E-state index is 5.33. The minimum Gasteiger partial charge on any atom is -0.323 e. The predicted molar refractivity (Wildman–Crippen MR) is 32.7 cm³/mol. The van der Waals surface area contributed by atoms with Gasteiger partial charge in [0.25, 0.3) is 0 Å². The van der Waals surface area contributed by atoms with Crippen LogP contribution in [0.5, 0.6) is 0 Å². The fourth-order valence-electron chi connectivity index (χ4n) is 0.272. The molecular formula is C5H12N2. The lowest BCUT2D eigenvalue weighted by atomic mass is 10.4. The van der Waals surface area contributed by atoms with Crippen LogP contribution in [0.2, 0.25) is 0 Å². The van der Waals surface area contributed by atoms with Crippen LogP contribution in [0.4, 0.5) is 0 Å². The number of hydrogen-bond acceptors (Lipinski definition) is 2. The van der Waals surface area contributed by atoms with Crippen LogP contribution in [-0.2, 0) is 0 Å². The molecule has 0 amide bonds. The second-order valence-electron chi connectivity index (χ2n) is 1.51. The van der Waals surface area contributed by atoms with E-state index in [4.69, 9.17) is 5.73 Å². The van der Waals surface area contributed by atoms with Gasteiger partial charge in [0, 0.05) is 18.8 Å². The molecular weight excluding hydrogens is 88.1 g/mol. The molecule has 0 spiro atoms.